The number of ketones is 1. The Morgan fingerprint density at radius 1 is 1.18 bits per heavy atom. The molecule has 0 aliphatic rings. The van der Waals surface area contributed by atoms with Crippen molar-refractivity contribution in [3.63, 3.8) is 0 Å². The van der Waals surface area contributed by atoms with E-state index in [1.54, 1.807) is 18.3 Å². The molecule has 0 fully saturated rings. The van der Waals surface area contributed by atoms with Gasteiger partial charge in [0.15, 0.2) is 5.78 Å². The van der Waals surface area contributed by atoms with Crippen LogP contribution in [0.15, 0.2) is 48.7 Å². The number of aromatic nitrogens is 1. The summed E-state index contributed by atoms with van der Waals surface area (Å²) in [4.78, 5) is 15.6. The van der Waals surface area contributed by atoms with E-state index in [1.165, 1.54) is 24.3 Å². The van der Waals surface area contributed by atoms with Gasteiger partial charge in [0.25, 0.3) is 0 Å². The van der Waals surface area contributed by atoms with Crippen LogP contribution in [0.3, 0.4) is 0 Å². The van der Waals surface area contributed by atoms with E-state index in [4.69, 9.17) is 0 Å². The van der Waals surface area contributed by atoms with Crippen LogP contribution in [0.25, 0.3) is 0 Å². The number of halogens is 2. The summed E-state index contributed by atoms with van der Waals surface area (Å²) < 4.78 is 12.7. The van der Waals surface area contributed by atoms with Crippen molar-refractivity contribution in [1.82, 2.24) is 4.98 Å². The van der Waals surface area contributed by atoms with E-state index in [-0.39, 0.29) is 11.6 Å². The van der Waals surface area contributed by atoms with Crippen LogP contribution in [-0.4, -0.2) is 10.8 Å². The highest BCUT2D eigenvalue weighted by Gasteiger charge is 2.19. The lowest BCUT2D eigenvalue weighted by Gasteiger charge is -2.07. The molecule has 0 spiro atoms. The summed E-state index contributed by atoms with van der Waals surface area (Å²) in [5.41, 5.74) is 1.10. The number of hydrogen-bond donors (Lipinski definition) is 0. The second kappa shape index (κ2) is 5.19. The van der Waals surface area contributed by atoms with Crippen molar-refractivity contribution in [2.24, 2.45) is 0 Å². The molecule has 0 aliphatic carbocycles. The van der Waals surface area contributed by atoms with Crippen LogP contribution in [-0.2, 0) is 0 Å². The molecule has 17 heavy (non-hydrogen) atoms. The van der Waals surface area contributed by atoms with E-state index in [2.05, 4.69) is 20.9 Å². The smallest absolute Gasteiger partial charge is 0.182 e. The SMILES string of the molecule is O=C(c1ccc(F)cc1)[C@@H](Br)c1ccccn1. The minimum absolute atomic E-state index is 0.135. The van der Waals surface area contributed by atoms with Gasteiger partial charge in [-0.05, 0) is 36.4 Å². The molecular formula is C13H9BrFNO. The van der Waals surface area contributed by atoms with Crippen molar-refractivity contribution in [3.05, 3.63) is 65.7 Å². The summed E-state index contributed by atoms with van der Waals surface area (Å²) in [5.74, 6) is -0.491. The van der Waals surface area contributed by atoms with Gasteiger partial charge in [0.1, 0.15) is 10.6 Å². The average Bonchev–Trinajstić information content (AvgIpc) is 2.39. The topological polar surface area (TPSA) is 30.0 Å². The molecule has 1 aromatic heterocycles. The van der Waals surface area contributed by atoms with E-state index in [0.29, 0.717) is 11.3 Å². The Kier molecular flexibility index (Phi) is 3.64. The third-order valence-electron chi connectivity index (χ3n) is 2.31. The highest BCUT2D eigenvalue weighted by molar-refractivity contribution is 9.09. The molecule has 0 N–H and O–H groups in total. The number of rotatable bonds is 3. The molecule has 0 amide bonds. The number of benzene rings is 1. The average molecular weight is 294 g/mol. The molecule has 2 aromatic rings. The summed E-state index contributed by atoms with van der Waals surface area (Å²) in [6.45, 7) is 0. The van der Waals surface area contributed by atoms with Gasteiger partial charge in [-0.2, -0.15) is 0 Å². The molecule has 86 valence electrons. The fourth-order valence-corrected chi connectivity index (χ4v) is 1.96. The van der Waals surface area contributed by atoms with Gasteiger partial charge in [0, 0.05) is 11.8 Å². The summed E-state index contributed by atoms with van der Waals surface area (Å²) in [6, 6.07) is 10.8. The molecule has 2 rings (SSSR count). The molecule has 2 nitrogen and oxygen atoms in total. The molecule has 0 saturated heterocycles. The number of Topliss-reactive ketones (excluding diaryl/α,β-unsaturated/α-hetero) is 1. The zero-order valence-electron chi connectivity index (χ0n) is 8.81. The van der Waals surface area contributed by atoms with Gasteiger partial charge in [-0.15, -0.1) is 0 Å². The predicted molar refractivity (Wildman–Crippen MR) is 66.6 cm³/mol. The standard InChI is InChI=1S/C13H9BrFNO/c14-12(11-3-1-2-8-16-11)13(17)9-4-6-10(15)7-5-9/h1-8,12H/t12-/m0/s1. The number of carbonyl (C=O) groups excluding carboxylic acids is 1. The van der Waals surface area contributed by atoms with Crippen molar-refractivity contribution in [2.75, 3.05) is 0 Å². The molecule has 1 aromatic carbocycles. The number of pyridine rings is 1. The molecule has 4 heteroatoms. The lowest BCUT2D eigenvalue weighted by atomic mass is 10.1. The van der Waals surface area contributed by atoms with Crippen molar-refractivity contribution in [3.8, 4) is 0 Å². The normalized spacial score (nSPS) is 12.1. The first-order valence-corrected chi connectivity index (χ1v) is 5.95. The minimum Gasteiger partial charge on any atom is -0.292 e. The summed E-state index contributed by atoms with van der Waals surface area (Å²) in [7, 11) is 0. The van der Waals surface area contributed by atoms with Crippen LogP contribution < -0.4 is 0 Å². The molecule has 0 bridgehead atoms. The lowest BCUT2D eigenvalue weighted by molar-refractivity contribution is 0.0990. The fourth-order valence-electron chi connectivity index (χ4n) is 1.42. The number of alkyl halides is 1. The molecular weight excluding hydrogens is 285 g/mol. The molecule has 0 saturated carbocycles. The largest absolute Gasteiger partial charge is 0.292 e. The maximum absolute atomic E-state index is 12.7. The van der Waals surface area contributed by atoms with Crippen molar-refractivity contribution < 1.29 is 9.18 Å². The Hall–Kier alpha value is -1.55. The van der Waals surface area contributed by atoms with Gasteiger partial charge in [-0.25, -0.2) is 4.39 Å². The monoisotopic (exact) mass is 293 g/mol. The first kappa shape index (κ1) is 11.9. The molecule has 0 aliphatic heterocycles. The highest BCUT2D eigenvalue weighted by Crippen LogP contribution is 2.25. The van der Waals surface area contributed by atoms with Crippen LogP contribution in [0.2, 0.25) is 0 Å². The molecule has 0 unspecified atom stereocenters. The van der Waals surface area contributed by atoms with Gasteiger partial charge in [-0.3, -0.25) is 9.78 Å². The van der Waals surface area contributed by atoms with Gasteiger partial charge in [0.05, 0.1) is 5.69 Å². The van der Waals surface area contributed by atoms with Gasteiger partial charge in [-0.1, -0.05) is 22.0 Å². The summed E-state index contributed by atoms with van der Waals surface area (Å²) in [6.07, 6.45) is 1.63. The molecule has 0 radical (unpaired) electrons. The molecule has 1 atom stereocenters. The first-order valence-electron chi connectivity index (χ1n) is 5.03. The van der Waals surface area contributed by atoms with E-state index in [1.807, 2.05) is 6.07 Å². The zero-order chi connectivity index (χ0) is 12.3. The quantitative estimate of drug-likeness (QED) is 0.640. The van der Waals surface area contributed by atoms with Gasteiger partial charge < -0.3 is 0 Å². The third-order valence-corrected chi connectivity index (χ3v) is 3.19. The van der Waals surface area contributed by atoms with Crippen LogP contribution in [0.4, 0.5) is 4.39 Å². The van der Waals surface area contributed by atoms with E-state index < -0.39 is 4.83 Å². The molecule has 1 heterocycles. The van der Waals surface area contributed by atoms with Crippen molar-refractivity contribution >= 4 is 21.7 Å². The Bertz CT molecular complexity index is 513. The minimum atomic E-state index is -0.505. The predicted octanol–water partition coefficient (Wildman–Crippen LogP) is 3.54. The second-order valence-electron chi connectivity index (χ2n) is 3.49. The third kappa shape index (κ3) is 2.77. The Morgan fingerprint density at radius 2 is 1.88 bits per heavy atom. The Labute approximate surface area is 107 Å². The van der Waals surface area contributed by atoms with Gasteiger partial charge in [0.2, 0.25) is 0 Å². The first-order chi connectivity index (χ1) is 8.18. The van der Waals surface area contributed by atoms with Gasteiger partial charge >= 0.3 is 0 Å². The van der Waals surface area contributed by atoms with Crippen molar-refractivity contribution in [2.45, 2.75) is 4.83 Å². The summed E-state index contributed by atoms with van der Waals surface area (Å²) >= 11 is 3.30. The van der Waals surface area contributed by atoms with Crippen LogP contribution in [0, 0.1) is 5.82 Å². The van der Waals surface area contributed by atoms with Crippen LogP contribution >= 0.6 is 15.9 Å². The maximum atomic E-state index is 12.7. The number of nitrogens with zero attached hydrogens (tertiary/aromatic N) is 1. The highest BCUT2D eigenvalue weighted by atomic mass is 79.9. The Morgan fingerprint density at radius 3 is 2.47 bits per heavy atom. The van der Waals surface area contributed by atoms with E-state index in [0.717, 1.165) is 0 Å². The fraction of sp³-hybridized carbons (Fsp3) is 0.0769. The second-order valence-corrected chi connectivity index (χ2v) is 4.40. The van der Waals surface area contributed by atoms with Crippen molar-refractivity contribution in [1.29, 1.82) is 0 Å². The van der Waals surface area contributed by atoms with Crippen LogP contribution in [0.1, 0.15) is 20.9 Å². The maximum Gasteiger partial charge on any atom is 0.182 e. The van der Waals surface area contributed by atoms with Crippen LogP contribution in [0.5, 0.6) is 0 Å². The zero-order valence-corrected chi connectivity index (χ0v) is 10.4. The Balaban J connectivity index is 2.23. The summed E-state index contributed by atoms with van der Waals surface area (Å²) in [5, 5.41) is 0. The van der Waals surface area contributed by atoms with E-state index >= 15 is 0 Å². The van der Waals surface area contributed by atoms with E-state index in [9.17, 15) is 9.18 Å². The number of carbonyl (C=O) groups is 1. The number of hydrogen-bond acceptors (Lipinski definition) is 2. The lowest BCUT2D eigenvalue weighted by Crippen LogP contribution is -2.08.